The highest BCUT2D eigenvalue weighted by atomic mass is 79.9. The van der Waals surface area contributed by atoms with Crippen molar-refractivity contribution in [1.29, 1.82) is 0 Å². The molecule has 0 saturated carbocycles. The van der Waals surface area contributed by atoms with Crippen molar-refractivity contribution in [3.8, 4) is 17.1 Å². The van der Waals surface area contributed by atoms with Crippen LogP contribution in [0, 0.1) is 0 Å². The molecule has 4 aromatic carbocycles. The van der Waals surface area contributed by atoms with Crippen molar-refractivity contribution in [2.24, 2.45) is 0 Å². The summed E-state index contributed by atoms with van der Waals surface area (Å²) in [5.74, 6) is 0.881. The number of hydrogen-bond acceptors (Lipinski definition) is 1. The van der Waals surface area contributed by atoms with E-state index in [1.807, 2.05) is 12.1 Å². The molecule has 0 fully saturated rings. The molecule has 0 aliphatic rings. The smallest absolute Gasteiger partial charge is 0.138 e. The maximum absolute atomic E-state index is 4.78. The van der Waals surface area contributed by atoms with Crippen LogP contribution in [0.4, 0.5) is 0 Å². The molecule has 0 amide bonds. The predicted octanol–water partition coefficient (Wildman–Crippen LogP) is 7.09. The topological polar surface area (TPSA) is 33.6 Å². The maximum Gasteiger partial charge on any atom is 0.138 e. The van der Waals surface area contributed by atoms with E-state index in [0.29, 0.717) is 0 Å². The number of benzene rings is 4. The van der Waals surface area contributed by atoms with E-state index in [1.165, 1.54) is 21.8 Å². The molecule has 0 unspecified atom stereocenters. The van der Waals surface area contributed by atoms with Crippen molar-refractivity contribution in [2.75, 3.05) is 0 Å². The van der Waals surface area contributed by atoms with Gasteiger partial charge in [-0.1, -0.05) is 64.5 Å². The summed E-state index contributed by atoms with van der Waals surface area (Å²) in [6, 6.07) is 31.7. The van der Waals surface area contributed by atoms with Crippen LogP contribution < -0.4 is 0 Å². The van der Waals surface area contributed by atoms with Crippen LogP contribution in [-0.4, -0.2) is 14.5 Å². The third-order valence-electron chi connectivity index (χ3n) is 5.42. The molecule has 138 valence electrons. The Balaban J connectivity index is 1.57. The van der Waals surface area contributed by atoms with Gasteiger partial charge in [0.2, 0.25) is 0 Å². The SMILES string of the molecule is Brc1ccc(-c2nc3ccc(-n4c5ccccc5c5ccccc54)cc3[nH]2)cc1. The molecule has 29 heavy (non-hydrogen) atoms. The fourth-order valence-electron chi connectivity index (χ4n) is 4.08. The van der Waals surface area contributed by atoms with Crippen LogP contribution in [0.2, 0.25) is 0 Å². The van der Waals surface area contributed by atoms with Gasteiger partial charge in [-0.05, 0) is 42.5 Å². The number of halogens is 1. The van der Waals surface area contributed by atoms with Gasteiger partial charge in [-0.2, -0.15) is 0 Å². The van der Waals surface area contributed by atoms with Crippen LogP contribution >= 0.6 is 15.9 Å². The van der Waals surface area contributed by atoms with Gasteiger partial charge in [-0.25, -0.2) is 4.98 Å². The molecule has 2 heterocycles. The first kappa shape index (κ1) is 16.6. The molecule has 0 bridgehead atoms. The van der Waals surface area contributed by atoms with Crippen molar-refractivity contribution in [2.45, 2.75) is 0 Å². The third kappa shape index (κ3) is 2.60. The lowest BCUT2D eigenvalue weighted by Crippen LogP contribution is -1.93. The predicted molar refractivity (Wildman–Crippen MR) is 124 cm³/mol. The Hall–Kier alpha value is -3.37. The first-order valence-electron chi connectivity index (χ1n) is 9.52. The number of fused-ring (bicyclic) bond motifs is 4. The van der Waals surface area contributed by atoms with Crippen molar-refractivity contribution in [1.82, 2.24) is 14.5 Å². The summed E-state index contributed by atoms with van der Waals surface area (Å²) >= 11 is 3.49. The minimum atomic E-state index is 0.881. The van der Waals surface area contributed by atoms with Gasteiger partial charge in [-0.15, -0.1) is 0 Å². The number of aromatic amines is 1. The standard InChI is InChI=1S/C25H16BrN3/c26-17-11-9-16(10-12-17)25-27-21-14-13-18(15-22(21)28-25)29-23-7-3-1-5-19(23)20-6-2-4-8-24(20)29/h1-15H,(H,27,28). The molecule has 0 aliphatic carbocycles. The van der Waals surface area contributed by atoms with Crippen molar-refractivity contribution in [3.63, 3.8) is 0 Å². The van der Waals surface area contributed by atoms with E-state index < -0.39 is 0 Å². The number of rotatable bonds is 2. The Morgan fingerprint density at radius 2 is 1.38 bits per heavy atom. The number of para-hydroxylation sites is 2. The first-order valence-corrected chi connectivity index (χ1v) is 10.3. The quantitative estimate of drug-likeness (QED) is 0.308. The van der Waals surface area contributed by atoms with E-state index in [1.54, 1.807) is 0 Å². The normalized spacial score (nSPS) is 11.6. The molecule has 0 spiro atoms. The second kappa shape index (κ2) is 6.33. The molecule has 1 N–H and O–H groups in total. The number of nitrogens with one attached hydrogen (secondary N) is 1. The van der Waals surface area contributed by atoms with E-state index in [9.17, 15) is 0 Å². The van der Waals surface area contributed by atoms with Gasteiger partial charge in [0, 0.05) is 26.5 Å². The van der Waals surface area contributed by atoms with Crippen molar-refractivity contribution >= 4 is 48.8 Å². The zero-order chi connectivity index (χ0) is 19.4. The molecule has 0 saturated heterocycles. The molecule has 2 aromatic heterocycles. The van der Waals surface area contributed by atoms with Crippen LogP contribution in [-0.2, 0) is 0 Å². The molecular weight excluding hydrogens is 422 g/mol. The molecule has 0 atom stereocenters. The fourth-order valence-corrected chi connectivity index (χ4v) is 4.35. The minimum absolute atomic E-state index is 0.881. The lowest BCUT2D eigenvalue weighted by atomic mass is 10.2. The van der Waals surface area contributed by atoms with Gasteiger partial charge in [0.15, 0.2) is 0 Å². The van der Waals surface area contributed by atoms with Crippen LogP contribution in [0.3, 0.4) is 0 Å². The summed E-state index contributed by atoms with van der Waals surface area (Å²) in [6.07, 6.45) is 0. The van der Waals surface area contributed by atoms with E-state index in [-0.39, 0.29) is 0 Å². The summed E-state index contributed by atoms with van der Waals surface area (Å²) in [5.41, 5.74) is 6.61. The Morgan fingerprint density at radius 1 is 0.724 bits per heavy atom. The highest BCUT2D eigenvalue weighted by Crippen LogP contribution is 2.33. The van der Waals surface area contributed by atoms with Gasteiger partial charge in [0.25, 0.3) is 0 Å². The van der Waals surface area contributed by atoms with Crippen LogP contribution in [0.1, 0.15) is 0 Å². The van der Waals surface area contributed by atoms with Crippen LogP contribution in [0.25, 0.3) is 49.9 Å². The third-order valence-corrected chi connectivity index (χ3v) is 5.95. The highest BCUT2D eigenvalue weighted by molar-refractivity contribution is 9.10. The minimum Gasteiger partial charge on any atom is -0.338 e. The van der Waals surface area contributed by atoms with Gasteiger partial charge < -0.3 is 9.55 Å². The lowest BCUT2D eigenvalue weighted by Gasteiger charge is -2.07. The molecular formula is C25H16BrN3. The second-order valence-electron chi connectivity index (χ2n) is 7.16. The van der Waals surface area contributed by atoms with Gasteiger partial charge >= 0.3 is 0 Å². The van der Waals surface area contributed by atoms with E-state index in [2.05, 4.69) is 104 Å². The summed E-state index contributed by atoms with van der Waals surface area (Å²) < 4.78 is 3.38. The summed E-state index contributed by atoms with van der Waals surface area (Å²) in [6.45, 7) is 0. The number of aromatic nitrogens is 3. The molecule has 4 heteroatoms. The summed E-state index contributed by atoms with van der Waals surface area (Å²) in [5, 5.41) is 2.53. The number of imidazole rings is 1. The fraction of sp³-hybridized carbons (Fsp3) is 0. The number of nitrogens with zero attached hydrogens (tertiary/aromatic N) is 2. The van der Waals surface area contributed by atoms with Crippen molar-refractivity contribution < 1.29 is 0 Å². The highest BCUT2D eigenvalue weighted by Gasteiger charge is 2.13. The Bertz CT molecular complexity index is 1450. The lowest BCUT2D eigenvalue weighted by molar-refractivity contribution is 1.18. The van der Waals surface area contributed by atoms with Gasteiger partial charge in [0.05, 0.1) is 22.1 Å². The van der Waals surface area contributed by atoms with Crippen LogP contribution in [0.15, 0.2) is 95.5 Å². The zero-order valence-electron chi connectivity index (χ0n) is 15.4. The maximum atomic E-state index is 4.78. The molecule has 6 rings (SSSR count). The Kier molecular flexibility index (Phi) is 3.61. The molecule has 0 radical (unpaired) electrons. The van der Waals surface area contributed by atoms with Crippen LogP contribution in [0.5, 0.6) is 0 Å². The second-order valence-corrected chi connectivity index (χ2v) is 8.08. The molecule has 6 aromatic rings. The summed E-state index contributed by atoms with van der Waals surface area (Å²) in [7, 11) is 0. The van der Waals surface area contributed by atoms with E-state index in [4.69, 9.17) is 4.98 Å². The average Bonchev–Trinajstić information content (AvgIpc) is 3.33. The summed E-state index contributed by atoms with van der Waals surface area (Å²) in [4.78, 5) is 8.27. The first-order chi connectivity index (χ1) is 14.3. The Morgan fingerprint density at radius 3 is 2.07 bits per heavy atom. The van der Waals surface area contributed by atoms with E-state index >= 15 is 0 Å². The average molecular weight is 438 g/mol. The zero-order valence-corrected chi connectivity index (χ0v) is 17.0. The number of hydrogen-bond donors (Lipinski definition) is 1. The Labute approximate surface area is 175 Å². The molecule has 3 nitrogen and oxygen atoms in total. The number of H-pyrrole nitrogens is 1. The van der Waals surface area contributed by atoms with Gasteiger partial charge in [0.1, 0.15) is 5.82 Å². The van der Waals surface area contributed by atoms with Crippen molar-refractivity contribution in [3.05, 3.63) is 95.5 Å². The largest absolute Gasteiger partial charge is 0.338 e. The molecule has 0 aliphatic heterocycles. The monoisotopic (exact) mass is 437 g/mol. The van der Waals surface area contributed by atoms with E-state index in [0.717, 1.165) is 32.6 Å². The van der Waals surface area contributed by atoms with Gasteiger partial charge in [-0.3, -0.25) is 0 Å².